The van der Waals surface area contributed by atoms with Gasteiger partial charge in [-0.1, -0.05) is 12.1 Å². The minimum absolute atomic E-state index is 0. The van der Waals surface area contributed by atoms with E-state index in [4.69, 9.17) is 11.5 Å². The van der Waals surface area contributed by atoms with E-state index in [1.165, 1.54) is 24.3 Å². The van der Waals surface area contributed by atoms with Crippen LogP contribution < -0.4 is 70.6 Å². The van der Waals surface area contributed by atoms with Gasteiger partial charge in [0, 0.05) is 11.4 Å². The molecule has 0 fully saturated rings. The standard InChI is InChI=1S/C12H12N2O6S2.2Na/c13-9-3-1-7(5-11(9)21(15,16)17)8-2-4-10(14)12(6-8)22(18,19)20;;/h1-6H,13-14H2,(H,15,16,17)(H,18,19,20);;/q;2*+1/p-2. The van der Waals surface area contributed by atoms with Crippen molar-refractivity contribution in [1.82, 2.24) is 0 Å². The monoisotopic (exact) mass is 388 g/mol. The van der Waals surface area contributed by atoms with E-state index in [0.717, 1.165) is 12.1 Å². The summed E-state index contributed by atoms with van der Waals surface area (Å²) in [5.74, 6) is 0. The molecular formula is C12H10N2Na2O6S2. The van der Waals surface area contributed by atoms with Crippen molar-refractivity contribution in [3.63, 3.8) is 0 Å². The van der Waals surface area contributed by atoms with Gasteiger partial charge >= 0.3 is 59.1 Å². The first-order chi connectivity index (χ1) is 10.00. The van der Waals surface area contributed by atoms with Crippen LogP contribution in [-0.2, 0) is 20.2 Å². The van der Waals surface area contributed by atoms with Crippen LogP contribution in [0.1, 0.15) is 0 Å². The van der Waals surface area contributed by atoms with Gasteiger partial charge in [-0.15, -0.1) is 0 Å². The van der Waals surface area contributed by atoms with Crippen LogP contribution in [0.3, 0.4) is 0 Å². The van der Waals surface area contributed by atoms with Crippen molar-refractivity contribution in [2.24, 2.45) is 0 Å². The van der Waals surface area contributed by atoms with Crippen molar-refractivity contribution in [3.05, 3.63) is 36.4 Å². The van der Waals surface area contributed by atoms with Crippen LogP contribution >= 0.6 is 0 Å². The van der Waals surface area contributed by atoms with Gasteiger partial charge in [-0.2, -0.15) is 0 Å². The number of hydrogen-bond acceptors (Lipinski definition) is 8. The topological polar surface area (TPSA) is 166 Å². The Morgan fingerprint density at radius 3 is 1.21 bits per heavy atom. The zero-order valence-corrected chi connectivity index (χ0v) is 18.5. The minimum atomic E-state index is -4.79. The Morgan fingerprint density at radius 2 is 0.958 bits per heavy atom. The molecule has 24 heavy (non-hydrogen) atoms. The molecule has 0 bridgehead atoms. The van der Waals surface area contributed by atoms with E-state index in [1.807, 2.05) is 0 Å². The van der Waals surface area contributed by atoms with Crippen molar-refractivity contribution in [2.75, 3.05) is 11.5 Å². The summed E-state index contributed by atoms with van der Waals surface area (Å²) in [5, 5.41) is 0. The molecule has 0 heterocycles. The Labute approximate surface area is 183 Å². The van der Waals surface area contributed by atoms with Crippen molar-refractivity contribution in [1.29, 1.82) is 0 Å². The maximum atomic E-state index is 11.1. The Hall–Kier alpha value is -0.140. The fourth-order valence-electron chi connectivity index (χ4n) is 1.86. The Morgan fingerprint density at radius 1 is 0.667 bits per heavy atom. The second-order valence-electron chi connectivity index (χ2n) is 4.41. The maximum absolute atomic E-state index is 11.1. The third kappa shape index (κ3) is 5.43. The fourth-order valence-corrected chi connectivity index (χ4v) is 3.12. The van der Waals surface area contributed by atoms with Crippen molar-refractivity contribution in [3.8, 4) is 11.1 Å². The van der Waals surface area contributed by atoms with Gasteiger partial charge in [-0.3, -0.25) is 0 Å². The molecule has 0 amide bonds. The Kier molecular flexibility index (Phi) is 8.45. The molecule has 118 valence electrons. The van der Waals surface area contributed by atoms with Crippen molar-refractivity contribution < 1.29 is 85.1 Å². The molecule has 0 aliphatic carbocycles. The molecule has 0 saturated heterocycles. The first-order valence-electron chi connectivity index (χ1n) is 5.71. The quantitative estimate of drug-likeness (QED) is 0.298. The van der Waals surface area contributed by atoms with Crippen LogP contribution in [0.2, 0.25) is 0 Å². The van der Waals surface area contributed by atoms with E-state index in [0.29, 0.717) is 0 Å². The van der Waals surface area contributed by atoms with Gasteiger partial charge in [0.1, 0.15) is 20.2 Å². The van der Waals surface area contributed by atoms with Gasteiger partial charge in [-0.05, 0) is 35.4 Å². The summed E-state index contributed by atoms with van der Waals surface area (Å²) in [4.78, 5) is -1.26. The van der Waals surface area contributed by atoms with E-state index >= 15 is 0 Å². The summed E-state index contributed by atoms with van der Waals surface area (Å²) in [5.41, 5.74) is 10.8. The number of nitrogens with two attached hydrogens (primary N) is 2. The normalized spacial score (nSPS) is 11.2. The van der Waals surface area contributed by atoms with Gasteiger partial charge in [0.25, 0.3) is 0 Å². The van der Waals surface area contributed by atoms with E-state index < -0.39 is 30.0 Å². The van der Waals surface area contributed by atoms with Crippen LogP contribution in [-0.4, -0.2) is 25.9 Å². The van der Waals surface area contributed by atoms with Crippen LogP contribution in [0.5, 0.6) is 0 Å². The predicted octanol–water partition coefficient (Wildman–Crippen LogP) is -5.67. The molecule has 0 unspecified atom stereocenters. The number of benzene rings is 2. The van der Waals surface area contributed by atoms with Gasteiger partial charge in [-0.25, -0.2) is 16.8 Å². The Bertz CT molecular complexity index is 882. The molecule has 0 atom stereocenters. The summed E-state index contributed by atoms with van der Waals surface area (Å²) in [6, 6.07) is 7.17. The molecule has 0 aromatic heterocycles. The summed E-state index contributed by atoms with van der Waals surface area (Å²) in [7, 11) is -9.58. The van der Waals surface area contributed by atoms with Crippen LogP contribution in [0.4, 0.5) is 11.4 Å². The smallest absolute Gasteiger partial charge is 0.744 e. The maximum Gasteiger partial charge on any atom is 1.00 e. The molecule has 8 nitrogen and oxygen atoms in total. The fraction of sp³-hybridized carbons (Fsp3) is 0. The molecule has 0 radical (unpaired) electrons. The third-order valence-corrected chi connectivity index (χ3v) is 4.68. The first kappa shape index (κ1) is 23.9. The summed E-state index contributed by atoms with van der Waals surface area (Å²) in [6.45, 7) is 0. The molecule has 0 aliphatic rings. The summed E-state index contributed by atoms with van der Waals surface area (Å²) >= 11 is 0. The van der Waals surface area contributed by atoms with Crippen LogP contribution in [0.25, 0.3) is 11.1 Å². The number of hydrogen-bond donors (Lipinski definition) is 2. The molecule has 2 aromatic carbocycles. The van der Waals surface area contributed by atoms with Crippen molar-refractivity contribution >= 4 is 31.6 Å². The second kappa shape index (κ2) is 8.49. The summed E-state index contributed by atoms with van der Waals surface area (Å²) in [6.07, 6.45) is 0. The summed E-state index contributed by atoms with van der Waals surface area (Å²) < 4.78 is 66.7. The predicted molar refractivity (Wildman–Crippen MR) is 76.6 cm³/mol. The zero-order chi connectivity index (χ0) is 16.7. The first-order valence-corrected chi connectivity index (χ1v) is 8.53. The van der Waals surface area contributed by atoms with Crippen LogP contribution in [0.15, 0.2) is 46.2 Å². The van der Waals surface area contributed by atoms with E-state index in [2.05, 4.69) is 0 Å². The average Bonchev–Trinajstić information content (AvgIpc) is 2.37. The zero-order valence-electron chi connectivity index (χ0n) is 12.9. The largest absolute Gasteiger partial charge is 1.00 e. The number of rotatable bonds is 3. The van der Waals surface area contributed by atoms with E-state index in [9.17, 15) is 25.9 Å². The van der Waals surface area contributed by atoms with E-state index in [1.54, 1.807) is 0 Å². The molecular weight excluding hydrogens is 378 g/mol. The second-order valence-corrected chi connectivity index (χ2v) is 7.11. The van der Waals surface area contributed by atoms with Gasteiger partial charge in [0.15, 0.2) is 0 Å². The molecule has 0 spiro atoms. The molecule has 4 N–H and O–H groups in total. The molecule has 0 saturated carbocycles. The SMILES string of the molecule is Nc1ccc(-c2ccc(N)c(S(=O)(=O)[O-])c2)cc1S(=O)(=O)[O-].[Na+].[Na+]. The minimum Gasteiger partial charge on any atom is -0.744 e. The molecule has 2 aromatic rings. The van der Waals surface area contributed by atoms with Gasteiger partial charge in [0.05, 0.1) is 9.79 Å². The van der Waals surface area contributed by atoms with Crippen LogP contribution in [0, 0.1) is 0 Å². The molecule has 12 heteroatoms. The van der Waals surface area contributed by atoms with Crippen molar-refractivity contribution in [2.45, 2.75) is 9.79 Å². The Balaban J connectivity index is 0.00000264. The van der Waals surface area contributed by atoms with Gasteiger partial charge in [0.2, 0.25) is 0 Å². The van der Waals surface area contributed by atoms with E-state index in [-0.39, 0.29) is 81.6 Å². The number of nitrogen functional groups attached to an aromatic ring is 2. The number of anilines is 2. The third-order valence-electron chi connectivity index (χ3n) is 2.90. The molecule has 2 rings (SSSR count). The average molecular weight is 388 g/mol. The van der Waals surface area contributed by atoms with Gasteiger partial charge < -0.3 is 20.6 Å². The molecule has 0 aliphatic heterocycles.